The topological polar surface area (TPSA) is 53.4 Å². The summed E-state index contributed by atoms with van der Waals surface area (Å²) in [4.78, 5) is 18.2. The van der Waals surface area contributed by atoms with Crippen LogP contribution in [-0.4, -0.2) is 34.0 Å². The zero-order valence-electron chi connectivity index (χ0n) is 13.4. The average molecular weight is 328 g/mol. The van der Waals surface area contributed by atoms with Crippen LogP contribution in [0.5, 0.6) is 0 Å². The predicted molar refractivity (Wildman–Crippen MR) is 88.6 cm³/mol. The summed E-state index contributed by atoms with van der Waals surface area (Å²) in [5.74, 6) is -0.114. The Morgan fingerprint density at radius 2 is 1.96 bits per heavy atom. The van der Waals surface area contributed by atoms with Crippen molar-refractivity contribution >= 4 is 5.91 Å². The lowest BCUT2D eigenvalue weighted by Crippen LogP contribution is -2.40. The fourth-order valence-corrected chi connectivity index (χ4v) is 3.19. The number of piperidine rings is 1. The zero-order valence-corrected chi connectivity index (χ0v) is 13.4. The first-order valence-electron chi connectivity index (χ1n) is 8.23. The molecule has 1 fully saturated rings. The number of hydrogen-bond donors (Lipinski definition) is 1. The first-order chi connectivity index (χ1) is 11.6. The molecule has 0 aliphatic carbocycles. The van der Waals surface area contributed by atoms with E-state index in [4.69, 9.17) is 0 Å². The molecule has 1 atom stereocenters. The summed E-state index contributed by atoms with van der Waals surface area (Å²) < 4.78 is 13.0. The molecule has 4 nitrogen and oxygen atoms in total. The standard InChI is InChI=1S/C19H21FN2O2/c20-17-5-3-15(4-6-17)19(24)16-7-10-22(11-8-16)18(23)12-14-2-1-9-21-13-14/h1-6,9,13,16,19,24H,7-8,10-12H2. The van der Waals surface area contributed by atoms with Crippen LogP contribution in [0.15, 0.2) is 48.8 Å². The van der Waals surface area contributed by atoms with Gasteiger partial charge in [0, 0.05) is 25.5 Å². The number of rotatable bonds is 4. The molecule has 24 heavy (non-hydrogen) atoms. The third-order valence-electron chi connectivity index (χ3n) is 4.63. The highest BCUT2D eigenvalue weighted by Gasteiger charge is 2.28. The molecule has 1 amide bonds. The average Bonchev–Trinajstić information content (AvgIpc) is 2.63. The molecule has 1 aromatic carbocycles. The summed E-state index contributed by atoms with van der Waals surface area (Å²) in [6, 6.07) is 9.71. The second-order valence-electron chi connectivity index (χ2n) is 6.25. The van der Waals surface area contributed by atoms with E-state index in [1.165, 1.54) is 12.1 Å². The molecule has 1 N–H and O–H groups in total. The fourth-order valence-electron chi connectivity index (χ4n) is 3.19. The summed E-state index contributed by atoms with van der Waals surface area (Å²) >= 11 is 0. The van der Waals surface area contributed by atoms with Crippen molar-refractivity contribution in [1.82, 2.24) is 9.88 Å². The third kappa shape index (κ3) is 3.97. The molecule has 5 heteroatoms. The molecule has 1 aromatic heterocycles. The minimum Gasteiger partial charge on any atom is -0.388 e. The Kier molecular flexibility index (Phi) is 5.20. The van der Waals surface area contributed by atoms with Crippen LogP contribution in [0.3, 0.4) is 0 Å². The Hall–Kier alpha value is -2.27. The highest BCUT2D eigenvalue weighted by molar-refractivity contribution is 5.78. The number of aliphatic hydroxyl groups is 1. The Labute approximate surface area is 141 Å². The van der Waals surface area contributed by atoms with Gasteiger partial charge in [0.2, 0.25) is 5.91 Å². The van der Waals surface area contributed by atoms with Gasteiger partial charge >= 0.3 is 0 Å². The van der Waals surface area contributed by atoms with Crippen LogP contribution in [0.1, 0.15) is 30.1 Å². The van der Waals surface area contributed by atoms with Gasteiger partial charge in [0.25, 0.3) is 0 Å². The maximum atomic E-state index is 13.0. The van der Waals surface area contributed by atoms with Crippen LogP contribution >= 0.6 is 0 Å². The molecule has 1 unspecified atom stereocenters. The lowest BCUT2D eigenvalue weighted by atomic mass is 9.87. The zero-order chi connectivity index (χ0) is 16.9. The van der Waals surface area contributed by atoms with Crippen LogP contribution in [0.2, 0.25) is 0 Å². The largest absolute Gasteiger partial charge is 0.388 e. The summed E-state index contributed by atoms with van der Waals surface area (Å²) in [5, 5.41) is 10.5. The summed E-state index contributed by atoms with van der Waals surface area (Å²) in [6.07, 6.45) is 4.65. The minimum absolute atomic E-state index is 0.0951. The molecule has 1 aliphatic rings. The van der Waals surface area contributed by atoms with Gasteiger partial charge in [0.15, 0.2) is 0 Å². The Morgan fingerprint density at radius 3 is 2.58 bits per heavy atom. The van der Waals surface area contributed by atoms with E-state index in [1.807, 2.05) is 17.0 Å². The van der Waals surface area contributed by atoms with Gasteiger partial charge in [0.05, 0.1) is 12.5 Å². The van der Waals surface area contributed by atoms with Crippen molar-refractivity contribution in [3.8, 4) is 0 Å². The number of aliphatic hydroxyl groups excluding tert-OH is 1. The van der Waals surface area contributed by atoms with Crippen LogP contribution in [0.4, 0.5) is 4.39 Å². The van der Waals surface area contributed by atoms with Crippen molar-refractivity contribution in [3.63, 3.8) is 0 Å². The number of likely N-dealkylation sites (tertiary alicyclic amines) is 1. The number of halogens is 1. The number of pyridine rings is 1. The molecule has 1 aliphatic heterocycles. The second-order valence-corrected chi connectivity index (χ2v) is 6.25. The lowest BCUT2D eigenvalue weighted by Gasteiger charge is -2.34. The summed E-state index contributed by atoms with van der Waals surface area (Å²) in [6.45, 7) is 1.28. The van der Waals surface area contributed by atoms with Gasteiger partial charge < -0.3 is 10.0 Å². The number of aromatic nitrogens is 1. The number of carbonyl (C=O) groups is 1. The van der Waals surface area contributed by atoms with E-state index >= 15 is 0 Å². The van der Waals surface area contributed by atoms with Crippen LogP contribution in [0.25, 0.3) is 0 Å². The first-order valence-corrected chi connectivity index (χ1v) is 8.23. The van der Waals surface area contributed by atoms with E-state index in [1.54, 1.807) is 24.5 Å². The van der Waals surface area contributed by atoms with E-state index < -0.39 is 6.10 Å². The number of carbonyl (C=O) groups excluding carboxylic acids is 1. The molecule has 3 rings (SSSR count). The van der Waals surface area contributed by atoms with Gasteiger partial charge in [-0.1, -0.05) is 18.2 Å². The second kappa shape index (κ2) is 7.53. The molecular formula is C19H21FN2O2. The minimum atomic E-state index is -0.610. The van der Waals surface area contributed by atoms with Crippen molar-refractivity contribution in [2.45, 2.75) is 25.4 Å². The number of benzene rings is 1. The quantitative estimate of drug-likeness (QED) is 0.939. The normalized spacial score (nSPS) is 16.8. The van der Waals surface area contributed by atoms with E-state index in [0.29, 0.717) is 19.5 Å². The van der Waals surface area contributed by atoms with Crippen LogP contribution in [-0.2, 0) is 11.2 Å². The van der Waals surface area contributed by atoms with Crippen LogP contribution in [0, 0.1) is 11.7 Å². The summed E-state index contributed by atoms with van der Waals surface area (Å²) in [7, 11) is 0. The van der Waals surface area contributed by atoms with Crippen molar-refractivity contribution in [2.24, 2.45) is 5.92 Å². The van der Waals surface area contributed by atoms with Crippen molar-refractivity contribution in [2.75, 3.05) is 13.1 Å². The van der Waals surface area contributed by atoms with Gasteiger partial charge in [-0.15, -0.1) is 0 Å². The van der Waals surface area contributed by atoms with E-state index in [9.17, 15) is 14.3 Å². The van der Waals surface area contributed by atoms with Crippen molar-refractivity contribution in [1.29, 1.82) is 0 Å². The SMILES string of the molecule is O=C(Cc1cccnc1)N1CCC(C(O)c2ccc(F)cc2)CC1. The molecule has 126 valence electrons. The highest BCUT2D eigenvalue weighted by Crippen LogP contribution is 2.31. The van der Waals surface area contributed by atoms with Gasteiger partial charge in [-0.2, -0.15) is 0 Å². The lowest BCUT2D eigenvalue weighted by molar-refractivity contribution is -0.132. The number of nitrogens with zero attached hydrogens (tertiary/aromatic N) is 2. The smallest absolute Gasteiger partial charge is 0.227 e. The van der Waals surface area contributed by atoms with Crippen molar-refractivity contribution < 1.29 is 14.3 Å². The number of hydrogen-bond acceptors (Lipinski definition) is 3. The predicted octanol–water partition coefficient (Wildman–Crippen LogP) is 2.74. The Balaban J connectivity index is 1.53. The van der Waals surface area contributed by atoms with Crippen molar-refractivity contribution in [3.05, 3.63) is 65.7 Å². The van der Waals surface area contributed by atoms with Gasteiger partial charge in [-0.05, 0) is 48.1 Å². The summed E-state index contributed by atoms with van der Waals surface area (Å²) in [5.41, 5.74) is 1.65. The maximum Gasteiger partial charge on any atom is 0.227 e. The van der Waals surface area contributed by atoms with E-state index in [2.05, 4.69) is 4.98 Å². The molecule has 1 saturated heterocycles. The Morgan fingerprint density at radius 1 is 1.25 bits per heavy atom. The molecule has 0 bridgehead atoms. The maximum absolute atomic E-state index is 13.0. The molecule has 2 aromatic rings. The van der Waals surface area contributed by atoms with Gasteiger partial charge in [-0.25, -0.2) is 4.39 Å². The molecule has 0 spiro atoms. The Bertz CT molecular complexity index is 668. The molecule has 2 heterocycles. The highest BCUT2D eigenvalue weighted by atomic mass is 19.1. The molecular weight excluding hydrogens is 307 g/mol. The van der Waals surface area contributed by atoms with E-state index in [0.717, 1.165) is 24.0 Å². The van der Waals surface area contributed by atoms with Gasteiger partial charge in [0.1, 0.15) is 5.82 Å². The third-order valence-corrected chi connectivity index (χ3v) is 4.63. The molecule has 0 saturated carbocycles. The monoisotopic (exact) mass is 328 g/mol. The van der Waals surface area contributed by atoms with E-state index in [-0.39, 0.29) is 17.6 Å². The van der Waals surface area contributed by atoms with Crippen LogP contribution < -0.4 is 0 Å². The molecule has 0 radical (unpaired) electrons. The first kappa shape index (κ1) is 16.6. The van der Waals surface area contributed by atoms with Gasteiger partial charge in [-0.3, -0.25) is 9.78 Å². The fraction of sp³-hybridized carbons (Fsp3) is 0.368. The number of amides is 1.